The highest BCUT2D eigenvalue weighted by molar-refractivity contribution is 7.10. The van der Waals surface area contributed by atoms with Crippen LogP contribution in [-0.4, -0.2) is 15.6 Å². The van der Waals surface area contributed by atoms with Crippen LogP contribution in [0, 0.1) is 6.92 Å². The van der Waals surface area contributed by atoms with Gasteiger partial charge >= 0.3 is 0 Å². The number of nitrogens with zero attached hydrogens (tertiary/aromatic N) is 2. The van der Waals surface area contributed by atoms with Gasteiger partial charge in [0.25, 0.3) is 11.5 Å². The lowest BCUT2D eigenvalue weighted by molar-refractivity contribution is -0.113. The van der Waals surface area contributed by atoms with Crippen LogP contribution in [0.4, 0.5) is 5.69 Å². The van der Waals surface area contributed by atoms with Crippen LogP contribution in [0.3, 0.4) is 0 Å². The van der Waals surface area contributed by atoms with Crippen molar-refractivity contribution < 1.29 is 9.90 Å². The third kappa shape index (κ3) is 4.02. The summed E-state index contributed by atoms with van der Waals surface area (Å²) in [5.41, 5.74) is 3.31. The van der Waals surface area contributed by atoms with Gasteiger partial charge in [-0.3, -0.25) is 14.2 Å². The molecule has 0 saturated heterocycles. The second-order valence-electron chi connectivity index (χ2n) is 7.96. The molecule has 1 unspecified atom stereocenters. The maximum Gasteiger partial charge on any atom is 0.271 e. The van der Waals surface area contributed by atoms with Crippen molar-refractivity contribution >= 4 is 40.3 Å². The second kappa shape index (κ2) is 8.89. The van der Waals surface area contributed by atoms with E-state index in [-0.39, 0.29) is 17.2 Å². The second-order valence-corrected chi connectivity index (χ2v) is 9.95. The Labute approximate surface area is 203 Å². The number of fused-ring (bicyclic) bond motifs is 1. The highest BCUT2D eigenvalue weighted by Crippen LogP contribution is 2.33. The molecule has 1 aliphatic heterocycles. The van der Waals surface area contributed by atoms with Crippen molar-refractivity contribution in [2.75, 3.05) is 5.32 Å². The van der Waals surface area contributed by atoms with Gasteiger partial charge in [0.15, 0.2) is 4.80 Å². The zero-order valence-corrected chi connectivity index (χ0v) is 20.1. The van der Waals surface area contributed by atoms with E-state index in [1.807, 2.05) is 55.6 Å². The molecule has 1 aliphatic rings. The number of carbonyl (C=O) groups is 1. The highest BCUT2D eigenvalue weighted by Gasteiger charge is 2.33. The number of carbonyl (C=O) groups excluding carboxylic acids is 1. The van der Waals surface area contributed by atoms with E-state index in [0.717, 1.165) is 21.7 Å². The minimum atomic E-state index is -0.567. The number of hydrogen-bond acceptors (Lipinski definition) is 6. The van der Waals surface area contributed by atoms with E-state index in [2.05, 4.69) is 10.3 Å². The molecule has 2 aromatic heterocycles. The lowest BCUT2D eigenvalue weighted by Crippen LogP contribution is -2.40. The van der Waals surface area contributed by atoms with Crippen LogP contribution >= 0.6 is 22.7 Å². The zero-order valence-electron chi connectivity index (χ0n) is 18.5. The van der Waals surface area contributed by atoms with E-state index in [4.69, 9.17) is 0 Å². The quantitative estimate of drug-likeness (QED) is 0.457. The summed E-state index contributed by atoms with van der Waals surface area (Å²) >= 11 is 2.79. The predicted molar refractivity (Wildman–Crippen MR) is 136 cm³/mol. The summed E-state index contributed by atoms with van der Waals surface area (Å²) < 4.78 is 2.13. The molecule has 2 aromatic carbocycles. The summed E-state index contributed by atoms with van der Waals surface area (Å²) in [5, 5.41) is 14.5. The summed E-state index contributed by atoms with van der Waals surface area (Å²) in [6.45, 7) is 3.75. The molecule has 2 N–H and O–H groups in total. The van der Waals surface area contributed by atoms with Crippen LogP contribution in [0.25, 0.3) is 6.08 Å². The summed E-state index contributed by atoms with van der Waals surface area (Å²) in [7, 11) is 0. The van der Waals surface area contributed by atoms with Crippen molar-refractivity contribution in [2.45, 2.75) is 19.9 Å². The van der Waals surface area contributed by atoms with Crippen LogP contribution in [0.15, 0.2) is 87.1 Å². The molecule has 0 bridgehead atoms. The van der Waals surface area contributed by atoms with E-state index < -0.39 is 6.04 Å². The molecule has 8 heteroatoms. The predicted octanol–water partition coefficient (Wildman–Crippen LogP) is 3.95. The number of aromatic hydroxyl groups is 1. The van der Waals surface area contributed by atoms with Gasteiger partial charge in [0, 0.05) is 10.6 Å². The van der Waals surface area contributed by atoms with E-state index in [0.29, 0.717) is 20.6 Å². The molecule has 4 aromatic rings. The number of aromatic nitrogens is 1. The Kier molecular flexibility index (Phi) is 5.77. The summed E-state index contributed by atoms with van der Waals surface area (Å²) in [6.07, 6.45) is 1.78. The number of allylic oxidation sites excluding steroid dienone is 1. The molecule has 34 heavy (non-hydrogen) atoms. The van der Waals surface area contributed by atoms with Crippen LogP contribution < -0.4 is 20.2 Å². The molecular weight excluding hydrogens is 466 g/mol. The first-order valence-corrected chi connectivity index (χ1v) is 12.3. The van der Waals surface area contributed by atoms with Gasteiger partial charge in [0.2, 0.25) is 0 Å². The fourth-order valence-electron chi connectivity index (χ4n) is 3.95. The Hall–Kier alpha value is -3.75. The van der Waals surface area contributed by atoms with Crippen molar-refractivity contribution in [2.24, 2.45) is 4.99 Å². The number of phenols is 1. The Bertz CT molecular complexity index is 1590. The number of amides is 1. The number of nitrogens with one attached hydrogen (secondary N) is 1. The third-order valence-corrected chi connectivity index (χ3v) is 7.57. The SMILES string of the molecule is CC1=C(C(=O)Nc2ccccc2C)C(c2cccs2)n2c(sc(=Cc3ccc(O)cc3)c2=O)=N1. The molecule has 0 aliphatic carbocycles. The van der Waals surface area contributed by atoms with Crippen LogP contribution in [0.5, 0.6) is 5.75 Å². The molecule has 6 nitrogen and oxygen atoms in total. The minimum absolute atomic E-state index is 0.163. The topological polar surface area (TPSA) is 83.7 Å². The van der Waals surface area contributed by atoms with Gasteiger partial charge in [-0.05, 0) is 60.7 Å². The van der Waals surface area contributed by atoms with Crippen molar-refractivity contribution in [3.63, 3.8) is 0 Å². The maximum absolute atomic E-state index is 13.6. The largest absolute Gasteiger partial charge is 0.508 e. The maximum atomic E-state index is 13.6. The normalized spacial score (nSPS) is 15.7. The van der Waals surface area contributed by atoms with Gasteiger partial charge in [-0.2, -0.15) is 0 Å². The van der Waals surface area contributed by atoms with Crippen molar-refractivity contribution in [1.82, 2.24) is 4.57 Å². The first-order chi connectivity index (χ1) is 16.4. The molecule has 0 radical (unpaired) electrons. The zero-order chi connectivity index (χ0) is 23.8. The van der Waals surface area contributed by atoms with Gasteiger partial charge < -0.3 is 10.4 Å². The fraction of sp³-hybridized carbons (Fsp3) is 0.115. The van der Waals surface area contributed by atoms with Crippen LogP contribution in [-0.2, 0) is 4.79 Å². The molecule has 1 amide bonds. The van der Waals surface area contributed by atoms with Crippen LogP contribution in [0.2, 0.25) is 0 Å². The molecule has 0 saturated carbocycles. The van der Waals surface area contributed by atoms with Gasteiger partial charge in [0.05, 0.1) is 15.8 Å². The van der Waals surface area contributed by atoms with Gasteiger partial charge in [-0.1, -0.05) is 47.7 Å². The van der Waals surface area contributed by atoms with Gasteiger partial charge in [-0.15, -0.1) is 11.3 Å². The Morgan fingerprint density at radius 1 is 1.09 bits per heavy atom. The number of para-hydroxylation sites is 1. The lowest BCUT2D eigenvalue weighted by atomic mass is 10.0. The molecular formula is C26H21N3O3S2. The number of rotatable bonds is 4. The number of hydrogen-bond donors (Lipinski definition) is 2. The average Bonchev–Trinajstić information content (AvgIpc) is 3.45. The standard InChI is InChI=1S/C26H21N3O3S2/c1-15-6-3-4-7-19(15)28-24(31)22-16(2)27-26-29(23(22)20-8-5-13-33-20)25(32)21(34-26)14-17-9-11-18(30)12-10-17/h3-14,23,30H,1-2H3,(H,28,31). The van der Waals surface area contributed by atoms with E-state index >= 15 is 0 Å². The minimum Gasteiger partial charge on any atom is -0.508 e. The number of benzene rings is 2. The molecule has 170 valence electrons. The monoisotopic (exact) mass is 487 g/mol. The molecule has 5 rings (SSSR count). The van der Waals surface area contributed by atoms with Crippen LogP contribution in [0.1, 0.15) is 29.0 Å². The Morgan fingerprint density at radius 3 is 2.56 bits per heavy atom. The third-order valence-electron chi connectivity index (χ3n) is 5.66. The lowest BCUT2D eigenvalue weighted by Gasteiger charge is -2.24. The summed E-state index contributed by atoms with van der Waals surface area (Å²) in [5.74, 6) is -0.113. The molecule has 1 atom stereocenters. The smallest absolute Gasteiger partial charge is 0.271 e. The van der Waals surface area contributed by atoms with Crippen molar-refractivity contribution in [3.8, 4) is 5.75 Å². The van der Waals surface area contributed by atoms with E-state index in [1.165, 1.54) is 22.7 Å². The molecule has 0 fully saturated rings. The van der Waals surface area contributed by atoms with Crippen molar-refractivity contribution in [3.05, 3.63) is 113 Å². The number of phenolic OH excluding ortho intramolecular Hbond substituents is 1. The fourth-order valence-corrected chi connectivity index (χ4v) is 5.82. The van der Waals surface area contributed by atoms with Crippen molar-refractivity contribution in [1.29, 1.82) is 0 Å². The first-order valence-electron chi connectivity index (χ1n) is 10.6. The Morgan fingerprint density at radius 2 is 1.85 bits per heavy atom. The van der Waals surface area contributed by atoms with Gasteiger partial charge in [0.1, 0.15) is 11.8 Å². The molecule has 0 spiro atoms. The first kappa shape index (κ1) is 22.1. The number of thiophene rings is 1. The van der Waals surface area contributed by atoms with E-state index in [1.54, 1.807) is 34.9 Å². The number of anilines is 1. The van der Waals surface area contributed by atoms with E-state index in [9.17, 15) is 14.7 Å². The number of thiazole rings is 1. The summed E-state index contributed by atoms with van der Waals surface area (Å²) in [4.78, 5) is 33.2. The number of aryl methyl sites for hydroxylation is 1. The Balaban J connectivity index is 1.64. The average molecular weight is 488 g/mol. The van der Waals surface area contributed by atoms with Gasteiger partial charge in [-0.25, -0.2) is 4.99 Å². The summed E-state index contributed by atoms with van der Waals surface area (Å²) in [6, 6.07) is 17.5. The molecule has 3 heterocycles. The highest BCUT2D eigenvalue weighted by atomic mass is 32.1.